The highest BCUT2D eigenvalue weighted by molar-refractivity contribution is 6.04. The number of nitrogens with one attached hydrogen (secondary N) is 3. The van der Waals surface area contributed by atoms with Crippen molar-refractivity contribution in [2.75, 3.05) is 11.9 Å². The quantitative estimate of drug-likeness (QED) is 0.338. The molecule has 3 heterocycles. The number of carboxylic acid groups (broad SMARTS) is 1. The third-order valence-corrected chi connectivity index (χ3v) is 4.83. The van der Waals surface area contributed by atoms with Crippen molar-refractivity contribution >= 4 is 28.6 Å². The van der Waals surface area contributed by atoms with Crippen LogP contribution in [0.15, 0.2) is 73.4 Å². The molecule has 0 spiro atoms. The van der Waals surface area contributed by atoms with Crippen LogP contribution in [0.4, 0.5) is 10.5 Å². The van der Waals surface area contributed by atoms with E-state index in [-0.39, 0.29) is 12.5 Å². The van der Waals surface area contributed by atoms with Crippen LogP contribution in [0.25, 0.3) is 10.9 Å². The van der Waals surface area contributed by atoms with E-state index in [0.717, 1.165) is 16.5 Å². The molecular formula is C23H21N5O4. The number of pyridine rings is 2. The highest BCUT2D eigenvalue weighted by Gasteiger charge is 2.16. The van der Waals surface area contributed by atoms with Gasteiger partial charge in [-0.25, -0.2) is 4.79 Å². The first-order valence-corrected chi connectivity index (χ1v) is 9.92. The van der Waals surface area contributed by atoms with Gasteiger partial charge in [0.15, 0.2) is 0 Å². The number of H-pyrrole nitrogens is 1. The lowest BCUT2D eigenvalue weighted by atomic mass is 10.1. The van der Waals surface area contributed by atoms with Crippen LogP contribution < -0.4 is 15.4 Å². The van der Waals surface area contributed by atoms with Gasteiger partial charge >= 0.3 is 6.09 Å². The molecule has 0 bridgehead atoms. The van der Waals surface area contributed by atoms with Crippen molar-refractivity contribution in [1.82, 2.24) is 20.3 Å². The Hall–Kier alpha value is -4.40. The average molecular weight is 431 g/mol. The van der Waals surface area contributed by atoms with Gasteiger partial charge in [-0.3, -0.25) is 14.8 Å². The maximum absolute atomic E-state index is 12.5. The van der Waals surface area contributed by atoms with Crippen LogP contribution in [0.2, 0.25) is 0 Å². The van der Waals surface area contributed by atoms with Crippen molar-refractivity contribution in [2.45, 2.75) is 12.5 Å². The third-order valence-electron chi connectivity index (χ3n) is 4.83. The van der Waals surface area contributed by atoms with E-state index in [1.54, 1.807) is 30.6 Å². The number of amides is 2. The van der Waals surface area contributed by atoms with E-state index >= 15 is 0 Å². The van der Waals surface area contributed by atoms with Crippen molar-refractivity contribution in [3.63, 3.8) is 0 Å². The molecule has 9 nitrogen and oxygen atoms in total. The minimum atomic E-state index is -1.14. The Kier molecular flexibility index (Phi) is 6.26. The third kappa shape index (κ3) is 5.20. The summed E-state index contributed by atoms with van der Waals surface area (Å²) in [6.07, 6.45) is 7.24. The van der Waals surface area contributed by atoms with Gasteiger partial charge in [-0.1, -0.05) is 18.2 Å². The van der Waals surface area contributed by atoms with E-state index < -0.39 is 12.1 Å². The molecule has 4 rings (SSSR count). The summed E-state index contributed by atoms with van der Waals surface area (Å²) in [5.41, 5.74) is 2.89. The zero-order valence-corrected chi connectivity index (χ0v) is 17.0. The zero-order chi connectivity index (χ0) is 22.3. The number of aromatic nitrogens is 3. The fourth-order valence-corrected chi connectivity index (χ4v) is 3.35. The van der Waals surface area contributed by atoms with Crippen LogP contribution in [0.1, 0.15) is 15.9 Å². The Morgan fingerprint density at radius 3 is 2.72 bits per heavy atom. The lowest BCUT2D eigenvalue weighted by molar-refractivity contribution is 0.102. The van der Waals surface area contributed by atoms with E-state index in [4.69, 9.17) is 4.74 Å². The lowest BCUT2D eigenvalue weighted by Crippen LogP contribution is -2.39. The number of carbonyl (C=O) groups is 2. The Morgan fingerprint density at radius 1 is 1.09 bits per heavy atom. The Labute approximate surface area is 183 Å². The summed E-state index contributed by atoms with van der Waals surface area (Å²) in [5, 5.41) is 15.5. The number of ether oxygens (including phenoxy) is 1. The minimum Gasteiger partial charge on any atom is -0.490 e. The molecule has 0 fully saturated rings. The molecule has 0 radical (unpaired) electrons. The monoisotopic (exact) mass is 431 g/mol. The summed E-state index contributed by atoms with van der Waals surface area (Å²) in [7, 11) is 0. The summed E-state index contributed by atoms with van der Waals surface area (Å²) < 4.78 is 5.78. The van der Waals surface area contributed by atoms with E-state index in [9.17, 15) is 14.7 Å². The molecule has 1 aromatic carbocycles. The van der Waals surface area contributed by atoms with Crippen molar-refractivity contribution in [3.8, 4) is 5.75 Å². The fraction of sp³-hybridized carbons (Fsp3) is 0.130. The second-order valence-electron chi connectivity index (χ2n) is 7.12. The van der Waals surface area contributed by atoms with Gasteiger partial charge in [-0.05, 0) is 36.2 Å². The van der Waals surface area contributed by atoms with Gasteiger partial charge in [0.25, 0.3) is 5.91 Å². The first-order valence-electron chi connectivity index (χ1n) is 9.92. The largest absolute Gasteiger partial charge is 0.490 e. The number of aromatic amines is 1. The Morgan fingerprint density at radius 2 is 1.91 bits per heavy atom. The van der Waals surface area contributed by atoms with Gasteiger partial charge < -0.3 is 25.5 Å². The summed E-state index contributed by atoms with van der Waals surface area (Å²) in [6.45, 7) is 0.0723. The average Bonchev–Trinajstić information content (AvgIpc) is 3.21. The van der Waals surface area contributed by atoms with Crippen molar-refractivity contribution in [2.24, 2.45) is 0 Å². The highest BCUT2D eigenvalue weighted by atomic mass is 16.5. The van der Waals surface area contributed by atoms with Crippen molar-refractivity contribution in [3.05, 3.63) is 84.6 Å². The van der Waals surface area contributed by atoms with Crippen molar-refractivity contribution < 1.29 is 19.4 Å². The number of benzene rings is 1. The number of anilines is 1. The minimum absolute atomic E-state index is 0.0723. The molecule has 0 saturated heterocycles. The molecule has 2 amide bonds. The topological polar surface area (TPSA) is 129 Å². The molecule has 162 valence electrons. The SMILES string of the molecule is O=C(O)N[C@H](COc1cncc(C(=O)Nc2ccncc2)c1)Cc1c[nH]c2ccccc12. The molecule has 1 atom stereocenters. The number of hydrogen-bond donors (Lipinski definition) is 4. The molecule has 32 heavy (non-hydrogen) atoms. The number of carbonyl (C=O) groups excluding carboxylic acids is 1. The number of fused-ring (bicyclic) bond motifs is 1. The molecule has 9 heteroatoms. The molecule has 0 aliphatic carbocycles. The second kappa shape index (κ2) is 9.61. The first-order chi connectivity index (χ1) is 15.6. The van der Waals surface area contributed by atoms with Gasteiger partial charge in [0.2, 0.25) is 0 Å². The van der Waals surface area contributed by atoms with Crippen LogP contribution in [0.3, 0.4) is 0 Å². The lowest BCUT2D eigenvalue weighted by Gasteiger charge is -2.17. The predicted molar refractivity (Wildman–Crippen MR) is 119 cm³/mol. The van der Waals surface area contributed by atoms with Crippen LogP contribution in [-0.2, 0) is 6.42 Å². The predicted octanol–water partition coefficient (Wildman–Crippen LogP) is 3.47. The van der Waals surface area contributed by atoms with Gasteiger partial charge in [0.1, 0.15) is 12.4 Å². The fourth-order valence-electron chi connectivity index (χ4n) is 3.35. The van der Waals surface area contributed by atoms with Crippen LogP contribution in [0, 0.1) is 0 Å². The van der Waals surface area contributed by atoms with Crippen LogP contribution >= 0.6 is 0 Å². The highest BCUT2D eigenvalue weighted by Crippen LogP contribution is 2.20. The van der Waals surface area contributed by atoms with Crippen molar-refractivity contribution in [1.29, 1.82) is 0 Å². The molecule has 0 saturated carbocycles. The maximum Gasteiger partial charge on any atom is 0.405 e. The number of hydrogen-bond acceptors (Lipinski definition) is 5. The summed E-state index contributed by atoms with van der Waals surface area (Å²) in [5.74, 6) is 0.0247. The molecule has 3 aromatic heterocycles. The summed E-state index contributed by atoms with van der Waals surface area (Å²) in [4.78, 5) is 34.9. The number of nitrogens with zero attached hydrogens (tertiary/aromatic N) is 2. The number of para-hydroxylation sites is 1. The van der Waals surface area contributed by atoms with E-state index in [2.05, 4.69) is 25.6 Å². The Balaban J connectivity index is 1.43. The van der Waals surface area contributed by atoms with Gasteiger partial charge in [-0.15, -0.1) is 0 Å². The van der Waals surface area contributed by atoms with Gasteiger partial charge in [0.05, 0.1) is 17.8 Å². The summed E-state index contributed by atoms with van der Waals surface area (Å²) in [6, 6.07) is 12.2. The van der Waals surface area contributed by atoms with E-state index in [1.807, 2.05) is 30.5 Å². The first kappa shape index (κ1) is 20.9. The molecule has 4 N–H and O–H groups in total. The van der Waals surface area contributed by atoms with Crippen LogP contribution in [0.5, 0.6) is 5.75 Å². The second-order valence-corrected chi connectivity index (χ2v) is 7.12. The van der Waals surface area contributed by atoms with Gasteiger partial charge in [-0.2, -0.15) is 0 Å². The number of rotatable bonds is 8. The standard InChI is InChI=1S/C23H21N5O4/c29-22(27-17-5-7-24-8-6-17)16-10-19(13-25-11-16)32-14-18(28-23(30)31)9-15-12-26-21-4-2-1-3-20(15)21/h1-8,10-13,18,26,28H,9,14H2,(H,30,31)(H,24,27,29)/t18-/m0/s1. The maximum atomic E-state index is 12.5. The van der Waals surface area contributed by atoms with Gasteiger partial charge in [0, 0.05) is 41.4 Å². The molecular weight excluding hydrogens is 410 g/mol. The van der Waals surface area contributed by atoms with Crippen LogP contribution in [-0.4, -0.2) is 44.7 Å². The smallest absolute Gasteiger partial charge is 0.405 e. The van der Waals surface area contributed by atoms with E-state index in [1.165, 1.54) is 12.4 Å². The molecule has 0 unspecified atom stereocenters. The molecule has 4 aromatic rings. The zero-order valence-electron chi connectivity index (χ0n) is 17.0. The van der Waals surface area contributed by atoms with E-state index in [0.29, 0.717) is 23.4 Å². The normalized spacial score (nSPS) is 11.6. The molecule has 0 aliphatic heterocycles. The summed E-state index contributed by atoms with van der Waals surface area (Å²) >= 11 is 0. The Bertz CT molecular complexity index is 1230. The molecule has 0 aliphatic rings.